The monoisotopic (exact) mass is 131 g/mol. The van der Waals surface area contributed by atoms with Gasteiger partial charge in [-0.3, -0.25) is 0 Å². The topological polar surface area (TPSA) is 3.24 Å². The molecule has 0 bridgehead atoms. The molecule has 0 fully saturated rings. The normalized spacial score (nSPS) is 15.4. The lowest BCUT2D eigenvalue weighted by atomic mass is 10.2. The van der Waals surface area contributed by atoms with Crippen LogP contribution in [-0.4, -0.2) is 25.2 Å². The first-order valence-corrected chi connectivity index (χ1v) is 3.03. The lowest BCUT2D eigenvalue weighted by Gasteiger charge is -2.08. The number of hydrogen-bond acceptors (Lipinski definition) is 1. The molecule has 0 saturated heterocycles. The van der Waals surface area contributed by atoms with Crippen molar-refractivity contribution in [2.75, 3.05) is 14.1 Å². The Bertz CT molecular complexity index is 105. The number of alkyl halides is 1. The quantitative estimate of drug-likeness (QED) is 0.552. The Morgan fingerprint density at radius 2 is 2.00 bits per heavy atom. The predicted molar refractivity (Wildman–Crippen MR) is 38.0 cm³/mol. The number of nitrogens with zero attached hydrogens (tertiary/aromatic N) is 1. The SMILES string of the molecule is C/C(=C/N(C)C)C(C)F. The van der Waals surface area contributed by atoms with Gasteiger partial charge in [-0.05, 0) is 19.4 Å². The summed E-state index contributed by atoms with van der Waals surface area (Å²) in [6.07, 6.45) is 0.956. The minimum absolute atomic E-state index is 0.764. The first kappa shape index (κ1) is 8.47. The summed E-state index contributed by atoms with van der Waals surface area (Å²) >= 11 is 0. The van der Waals surface area contributed by atoms with E-state index in [1.54, 1.807) is 13.1 Å². The van der Waals surface area contributed by atoms with E-state index in [2.05, 4.69) is 0 Å². The lowest BCUT2D eigenvalue weighted by molar-refractivity contribution is 0.402. The van der Waals surface area contributed by atoms with Crippen LogP contribution in [-0.2, 0) is 0 Å². The molecule has 0 heterocycles. The first-order chi connectivity index (χ1) is 4.04. The Hall–Kier alpha value is -0.530. The van der Waals surface area contributed by atoms with E-state index in [1.807, 2.05) is 19.0 Å². The van der Waals surface area contributed by atoms with Crippen molar-refractivity contribution in [1.82, 2.24) is 4.90 Å². The van der Waals surface area contributed by atoms with E-state index in [0.717, 1.165) is 5.57 Å². The molecule has 1 unspecified atom stereocenters. The van der Waals surface area contributed by atoms with E-state index < -0.39 is 6.17 Å². The van der Waals surface area contributed by atoms with Crippen LogP contribution in [0.4, 0.5) is 4.39 Å². The van der Waals surface area contributed by atoms with Gasteiger partial charge in [-0.2, -0.15) is 0 Å². The molecule has 9 heavy (non-hydrogen) atoms. The van der Waals surface area contributed by atoms with Gasteiger partial charge in [0.25, 0.3) is 0 Å². The molecule has 54 valence electrons. The van der Waals surface area contributed by atoms with Crippen LogP contribution >= 0.6 is 0 Å². The maximum absolute atomic E-state index is 12.4. The van der Waals surface area contributed by atoms with Gasteiger partial charge in [0.2, 0.25) is 0 Å². The zero-order valence-corrected chi connectivity index (χ0v) is 6.48. The van der Waals surface area contributed by atoms with Crippen LogP contribution in [0.1, 0.15) is 13.8 Å². The summed E-state index contributed by atoms with van der Waals surface area (Å²) in [6.45, 7) is 3.32. The van der Waals surface area contributed by atoms with Crippen molar-refractivity contribution in [3.8, 4) is 0 Å². The summed E-state index contributed by atoms with van der Waals surface area (Å²) in [5.41, 5.74) is 0.764. The zero-order chi connectivity index (χ0) is 7.44. The maximum Gasteiger partial charge on any atom is 0.120 e. The van der Waals surface area contributed by atoms with Crippen LogP contribution in [0.15, 0.2) is 11.8 Å². The zero-order valence-electron chi connectivity index (χ0n) is 6.48. The van der Waals surface area contributed by atoms with Gasteiger partial charge >= 0.3 is 0 Å². The molecule has 0 aromatic heterocycles. The van der Waals surface area contributed by atoms with Crippen molar-refractivity contribution < 1.29 is 4.39 Å². The van der Waals surface area contributed by atoms with Gasteiger partial charge in [0, 0.05) is 20.3 Å². The highest BCUT2D eigenvalue weighted by Crippen LogP contribution is 2.03. The standard InChI is InChI=1S/C7H14FN/c1-6(7(2)8)5-9(3)4/h5,7H,1-4H3/b6-5-. The minimum Gasteiger partial charge on any atom is -0.383 e. The average molecular weight is 131 g/mol. The van der Waals surface area contributed by atoms with Gasteiger partial charge in [0.05, 0.1) is 0 Å². The Morgan fingerprint density at radius 3 is 2.11 bits per heavy atom. The van der Waals surface area contributed by atoms with Crippen LogP contribution in [0.2, 0.25) is 0 Å². The fourth-order valence-electron chi connectivity index (χ4n) is 0.510. The largest absolute Gasteiger partial charge is 0.383 e. The van der Waals surface area contributed by atoms with E-state index in [-0.39, 0.29) is 0 Å². The van der Waals surface area contributed by atoms with E-state index in [1.165, 1.54) is 6.92 Å². The molecule has 0 saturated carbocycles. The summed E-state index contributed by atoms with van der Waals surface area (Å²) in [5.74, 6) is 0. The summed E-state index contributed by atoms with van der Waals surface area (Å²) in [6, 6.07) is 0. The maximum atomic E-state index is 12.4. The highest BCUT2D eigenvalue weighted by Gasteiger charge is 1.98. The molecule has 0 radical (unpaired) electrons. The Morgan fingerprint density at radius 1 is 1.56 bits per heavy atom. The number of allylic oxidation sites excluding steroid dienone is 1. The molecule has 0 aliphatic rings. The van der Waals surface area contributed by atoms with Crippen molar-refractivity contribution in [1.29, 1.82) is 0 Å². The lowest BCUT2D eigenvalue weighted by Crippen LogP contribution is -2.05. The fourth-order valence-corrected chi connectivity index (χ4v) is 0.510. The molecule has 0 spiro atoms. The number of halogens is 1. The van der Waals surface area contributed by atoms with Gasteiger partial charge in [-0.15, -0.1) is 0 Å². The number of rotatable bonds is 2. The van der Waals surface area contributed by atoms with Crippen LogP contribution in [0, 0.1) is 0 Å². The molecule has 0 aromatic rings. The van der Waals surface area contributed by atoms with Crippen molar-refractivity contribution in [2.24, 2.45) is 0 Å². The second kappa shape index (κ2) is 3.49. The van der Waals surface area contributed by atoms with E-state index >= 15 is 0 Å². The summed E-state index contributed by atoms with van der Waals surface area (Å²) in [4.78, 5) is 1.84. The molecule has 0 N–H and O–H groups in total. The van der Waals surface area contributed by atoms with E-state index in [4.69, 9.17) is 0 Å². The highest BCUT2D eigenvalue weighted by molar-refractivity contribution is 5.01. The Kier molecular flexibility index (Phi) is 3.28. The summed E-state index contributed by atoms with van der Waals surface area (Å²) in [7, 11) is 3.76. The van der Waals surface area contributed by atoms with Gasteiger partial charge < -0.3 is 4.90 Å². The first-order valence-electron chi connectivity index (χ1n) is 3.03. The molecule has 2 heteroatoms. The molecule has 0 aliphatic carbocycles. The number of hydrogen-bond donors (Lipinski definition) is 0. The highest BCUT2D eigenvalue weighted by atomic mass is 19.1. The van der Waals surface area contributed by atoms with Crippen LogP contribution in [0.25, 0.3) is 0 Å². The van der Waals surface area contributed by atoms with Gasteiger partial charge in [-0.25, -0.2) is 4.39 Å². The molecular weight excluding hydrogens is 117 g/mol. The van der Waals surface area contributed by atoms with Gasteiger partial charge in [-0.1, -0.05) is 0 Å². The van der Waals surface area contributed by atoms with Gasteiger partial charge in [0.15, 0.2) is 0 Å². The predicted octanol–water partition coefficient (Wildman–Crippen LogP) is 1.81. The van der Waals surface area contributed by atoms with Crippen molar-refractivity contribution in [2.45, 2.75) is 20.0 Å². The van der Waals surface area contributed by atoms with Crippen LogP contribution in [0.5, 0.6) is 0 Å². The van der Waals surface area contributed by atoms with Crippen LogP contribution < -0.4 is 0 Å². The smallest absolute Gasteiger partial charge is 0.120 e. The van der Waals surface area contributed by atoms with Crippen LogP contribution in [0.3, 0.4) is 0 Å². The van der Waals surface area contributed by atoms with E-state index in [0.29, 0.717) is 0 Å². The third-order valence-corrected chi connectivity index (χ3v) is 1.09. The molecule has 1 nitrogen and oxygen atoms in total. The Labute approximate surface area is 56.2 Å². The molecule has 0 amide bonds. The minimum atomic E-state index is -0.826. The van der Waals surface area contributed by atoms with Gasteiger partial charge in [0.1, 0.15) is 6.17 Å². The van der Waals surface area contributed by atoms with E-state index in [9.17, 15) is 4.39 Å². The van der Waals surface area contributed by atoms with Crippen molar-refractivity contribution in [3.05, 3.63) is 11.8 Å². The fraction of sp³-hybridized carbons (Fsp3) is 0.714. The average Bonchev–Trinajstić information content (AvgIpc) is 1.63. The van der Waals surface area contributed by atoms with Crippen molar-refractivity contribution in [3.63, 3.8) is 0 Å². The third kappa shape index (κ3) is 4.01. The van der Waals surface area contributed by atoms with Crippen molar-refractivity contribution >= 4 is 0 Å². The molecule has 0 aromatic carbocycles. The second-order valence-corrected chi connectivity index (χ2v) is 2.45. The molecule has 0 aliphatic heterocycles. The molecular formula is C7H14FN. The summed E-state index contributed by atoms with van der Waals surface area (Å²) in [5, 5.41) is 0. The molecule has 0 rings (SSSR count). The second-order valence-electron chi connectivity index (χ2n) is 2.45. The summed E-state index contributed by atoms with van der Waals surface area (Å²) < 4.78 is 12.4. The third-order valence-electron chi connectivity index (χ3n) is 1.09. The molecule has 1 atom stereocenters. The Balaban J connectivity index is 3.84.